The summed E-state index contributed by atoms with van der Waals surface area (Å²) in [4.78, 5) is 21.8. The Bertz CT molecular complexity index is 279. The normalized spacial score (nSPS) is 24.4. The van der Waals surface area contributed by atoms with Gasteiger partial charge in [0.25, 0.3) is 6.43 Å². The highest BCUT2D eigenvalue weighted by Gasteiger charge is 2.26. The van der Waals surface area contributed by atoms with E-state index in [1.165, 1.54) is 0 Å². The molecule has 0 aliphatic heterocycles. The second-order valence-corrected chi connectivity index (χ2v) is 4.13. The Kier molecular flexibility index (Phi) is 5.11. The van der Waals surface area contributed by atoms with E-state index in [0.717, 1.165) is 0 Å². The lowest BCUT2D eigenvalue weighted by Crippen LogP contribution is -2.45. The molecule has 98 valence electrons. The smallest absolute Gasteiger partial charge is 0.315 e. The molecule has 0 unspecified atom stereocenters. The van der Waals surface area contributed by atoms with Gasteiger partial charge in [0, 0.05) is 6.04 Å². The van der Waals surface area contributed by atoms with E-state index in [2.05, 4.69) is 5.32 Å². The summed E-state index contributed by atoms with van der Waals surface area (Å²) >= 11 is 0. The van der Waals surface area contributed by atoms with Crippen LogP contribution in [0.5, 0.6) is 0 Å². The average Bonchev–Trinajstić information content (AvgIpc) is 2.27. The van der Waals surface area contributed by atoms with Crippen molar-refractivity contribution in [1.29, 1.82) is 0 Å². The van der Waals surface area contributed by atoms with Gasteiger partial charge < -0.3 is 15.7 Å². The lowest BCUT2D eigenvalue weighted by atomic mass is 9.86. The van der Waals surface area contributed by atoms with Crippen LogP contribution in [-0.4, -0.2) is 36.1 Å². The number of carbonyl (C=O) groups is 2. The lowest BCUT2D eigenvalue weighted by Gasteiger charge is -2.26. The summed E-state index contributed by atoms with van der Waals surface area (Å²) in [6.45, 7) is -0.670. The lowest BCUT2D eigenvalue weighted by molar-refractivity contribution is -0.142. The van der Waals surface area contributed by atoms with Gasteiger partial charge in [-0.25, -0.2) is 13.6 Å². The number of urea groups is 1. The van der Waals surface area contributed by atoms with E-state index in [4.69, 9.17) is 5.11 Å². The third-order valence-electron chi connectivity index (χ3n) is 2.83. The highest BCUT2D eigenvalue weighted by Crippen LogP contribution is 2.24. The summed E-state index contributed by atoms with van der Waals surface area (Å²) in [6.07, 6.45) is -0.411. The van der Waals surface area contributed by atoms with Gasteiger partial charge in [0.05, 0.1) is 12.5 Å². The second kappa shape index (κ2) is 6.36. The van der Waals surface area contributed by atoms with Gasteiger partial charge in [-0.3, -0.25) is 4.79 Å². The Hall–Kier alpha value is -1.40. The van der Waals surface area contributed by atoms with E-state index in [1.54, 1.807) is 0 Å². The van der Waals surface area contributed by atoms with E-state index in [0.29, 0.717) is 25.7 Å². The minimum absolute atomic E-state index is 0.122. The van der Waals surface area contributed by atoms with Crippen LogP contribution in [0.3, 0.4) is 0 Å². The van der Waals surface area contributed by atoms with Crippen molar-refractivity contribution in [3.8, 4) is 0 Å². The number of amides is 2. The van der Waals surface area contributed by atoms with Crippen molar-refractivity contribution in [2.75, 3.05) is 6.54 Å². The minimum atomic E-state index is -2.57. The molecule has 1 saturated carbocycles. The summed E-state index contributed by atoms with van der Waals surface area (Å²) in [5.41, 5.74) is 0. The maximum atomic E-state index is 11.8. The third kappa shape index (κ3) is 4.97. The number of carboxylic acids is 1. The van der Waals surface area contributed by atoms with Crippen molar-refractivity contribution < 1.29 is 23.5 Å². The summed E-state index contributed by atoms with van der Waals surface area (Å²) in [5.74, 6) is -1.16. The molecule has 0 saturated heterocycles. The predicted molar refractivity (Wildman–Crippen MR) is 55.9 cm³/mol. The quantitative estimate of drug-likeness (QED) is 0.701. The zero-order valence-corrected chi connectivity index (χ0v) is 9.29. The first-order valence-electron chi connectivity index (χ1n) is 5.54. The molecule has 1 fully saturated rings. The van der Waals surface area contributed by atoms with Crippen LogP contribution in [0.4, 0.5) is 13.6 Å². The topological polar surface area (TPSA) is 78.4 Å². The number of nitrogens with one attached hydrogen (secondary N) is 2. The van der Waals surface area contributed by atoms with Crippen LogP contribution in [0.1, 0.15) is 25.7 Å². The first kappa shape index (κ1) is 13.7. The number of carboxylic acid groups (broad SMARTS) is 1. The number of hydrogen-bond donors (Lipinski definition) is 3. The summed E-state index contributed by atoms with van der Waals surface area (Å²) < 4.78 is 23.6. The molecule has 1 aliphatic carbocycles. The minimum Gasteiger partial charge on any atom is -0.481 e. The Morgan fingerprint density at radius 3 is 2.29 bits per heavy atom. The van der Waals surface area contributed by atoms with Gasteiger partial charge in [-0.15, -0.1) is 0 Å². The van der Waals surface area contributed by atoms with Gasteiger partial charge in [-0.2, -0.15) is 0 Å². The monoisotopic (exact) mass is 250 g/mol. The van der Waals surface area contributed by atoms with Crippen molar-refractivity contribution in [3.05, 3.63) is 0 Å². The largest absolute Gasteiger partial charge is 0.481 e. The Morgan fingerprint density at radius 2 is 1.82 bits per heavy atom. The molecule has 0 spiro atoms. The molecule has 1 rings (SSSR count). The summed E-state index contributed by atoms with van der Waals surface area (Å²) in [7, 11) is 0. The fourth-order valence-corrected chi connectivity index (χ4v) is 1.89. The van der Waals surface area contributed by atoms with Crippen molar-refractivity contribution in [3.63, 3.8) is 0 Å². The standard InChI is InChI=1S/C10H16F2N2O3/c11-8(12)5-13-10(17)14-7-3-1-6(2-4-7)9(15)16/h6-8H,1-5H2,(H,15,16)(H2,13,14,17). The number of alkyl halides is 2. The molecule has 0 bridgehead atoms. The van der Waals surface area contributed by atoms with Gasteiger partial charge in [0.15, 0.2) is 0 Å². The molecule has 0 aromatic carbocycles. The highest BCUT2D eigenvalue weighted by atomic mass is 19.3. The van der Waals surface area contributed by atoms with Crippen molar-refractivity contribution in [2.45, 2.75) is 38.2 Å². The van der Waals surface area contributed by atoms with Crippen LogP contribution in [0, 0.1) is 5.92 Å². The molecular weight excluding hydrogens is 234 g/mol. The second-order valence-electron chi connectivity index (χ2n) is 4.13. The molecular formula is C10H16F2N2O3. The molecule has 1 aliphatic rings. The molecule has 0 aromatic heterocycles. The van der Waals surface area contributed by atoms with Gasteiger partial charge in [0.1, 0.15) is 0 Å². The van der Waals surface area contributed by atoms with Crippen LogP contribution in [-0.2, 0) is 4.79 Å². The van der Waals surface area contributed by atoms with Gasteiger partial charge in [-0.1, -0.05) is 0 Å². The van der Waals surface area contributed by atoms with Crippen molar-refractivity contribution in [2.24, 2.45) is 5.92 Å². The van der Waals surface area contributed by atoms with Crippen LogP contribution in [0.2, 0.25) is 0 Å². The number of aliphatic carboxylic acids is 1. The van der Waals surface area contributed by atoms with Gasteiger partial charge in [-0.05, 0) is 25.7 Å². The highest BCUT2D eigenvalue weighted by molar-refractivity contribution is 5.74. The fourth-order valence-electron chi connectivity index (χ4n) is 1.89. The van der Waals surface area contributed by atoms with Crippen LogP contribution in [0.25, 0.3) is 0 Å². The summed E-state index contributed by atoms with van der Waals surface area (Å²) in [6, 6.07) is -0.743. The molecule has 0 radical (unpaired) electrons. The predicted octanol–water partition coefficient (Wildman–Crippen LogP) is 1.19. The number of carbonyl (C=O) groups excluding carboxylic acids is 1. The molecule has 5 nitrogen and oxygen atoms in total. The molecule has 3 N–H and O–H groups in total. The number of halogens is 2. The molecule has 17 heavy (non-hydrogen) atoms. The SMILES string of the molecule is O=C(NCC(F)F)NC1CCC(C(=O)O)CC1. The Balaban J connectivity index is 2.21. The molecule has 0 atom stereocenters. The van der Waals surface area contributed by atoms with E-state index in [-0.39, 0.29) is 12.0 Å². The maximum Gasteiger partial charge on any atom is 0.315 e. The van der Waals surface area contributed by atoms with Crippen LogP contribution < -0.4 is 10.6 Å². The molecule has 2 amide bonds. The first-order valence-corrected chi connectivity index (χ1v) is 5.54. The maximum absolute atomic E-state index is 11.8. The van der Waals surface area contributed by atoms with E-state index in [1.807, 2.05) is 5.32 Å². The van der Waals surface area contributed by atoms with Crippen LogP contribution >= 0.6 is 0 Å². The zero-order chi connectivity index (χ0) is 12.8. The van der Waals surface area contributed by atoms with Gasteiger partial charge in [0.2, 0.25) is 0 Å². The van der Waals surface area contributed by atoms with E-state index in [9.17, 15) is 18.4 Å². The first-order chi connectivity index (χ1) is 7.99. The Labute approximate surface area is 97.6 Å². The summed E-state index contributed by atoms with van der Waals surface area (Å²) in [5, 5.41) is 13.4. The van der Waals surface area contributed by atoms with Crippen LogP contribution in [0.15, 0.2) is 0 Å². The van der Waals surface area contributed by atoms with E-state index < -0.39 is 25.0 Å². The average molecular weight is 250 g/mol. The Morgan fingerprint density at radius 1 is 1.24 bits per heavy atom. The molecule has 0 heterocycles. The molecule has 7 heteroatoms. The van der Waals surface area contributed by atoms with E-state index >= 15 is 0 Å². The number of rotatable bonds is 4. The number of hydrogen-bond acceptors (Lipinski definition) is 2. The third-order valence-corrected chi connectivity index (χ3v) is 2.83. The fraction of sp³-hybridized carbons (Fsp3) is 0.800. The zero-order valence-electron chi connectivity index (χ0n) is 9.29. The van der Waals surface area contributed by atoms with Crippen molar-refractivity contribution >= 4 is 12.0 Å². The van der Waals surface area contributed by atoms with Gasteiger partial charge >= 0.3 is 12.0 Å². The van der Waals surface area contributed by atoms with Crippen molar-refractivity contribution in [1.82, 2.24) is 10.6 Å². The molecule has 0 aromatic rings.